The highest BCUT2D eigenvalue weighted by atomic mass is 16.6. The van der Waals surface area contributed by atoms with Crippen LogP contribution < -0.4 is 59.3 Å². The van der Waals surface area contributed by atoms with E-state index in [9.17, 15) is 87.2 Å². The smallest absolute Gasteiger partial charge is 0.416 e. The minimum Gasteiger partial charge on any atom is -0.505 e. The second-order valence-corrected chi connectivity index (χ2v) is 26.7. The number of aromatic hydroxyl groups is 1. The fourth-order valence-corrected chi connectivity index (χ4v) is 11.9. The number of nitrogens with zero attached hydrogens (tertiary/aromatic N) is 4. The van der Waals surface area contributed by atoms with E-state index in [4.69, 9.17) is 21.9 Å². The molecule has 3 aromatic rings. The number of hydrogen-bond acceptors (Lipinski definition) is 19. The Balaban J connectivity index is 0.000000375. The van der Waals surface area contributed by atoms with Crippen molar-refractivity contribution in [3.63, 3.8) is 0 Å². The summed E-state index contributed by atoms with van der Waals surface area (Å²) in [6.45, 7) is 9.10. The number of aliphatic hydroxyl groups is 2. The molecule has 0 radical (unpaired) electrons. The normalized spacial score (nSPS) is 16.2. The summed E-state index contributed by atoms with van der Waals surface area (Å²) in [7, 11) is 0. The molecule has 0 saturated heterocycles. The number of phenols is 1. The van der Waals surface area contributed by atoms with Crippen molar-refractivity contribution < 1.29 is 92.0 Å². The van der Waals surface area contributed by atoms with Crippen molar-refractivity contribution in [1.29, 1.82) is 0 Å². The van der Waals surface area contributed by atoms with Crippen molar-refractivity contribution in [2.75, 3.05) is 41.7 Å². The Morgan fingerprint density at radius 3 is 1.62 bits per heavy atom. The minimum atomic E-state index is -1.69. The molecule has 4 aliphatic heterocycles. The third-order valence-corrected chi connectivity index (χ3v) is 17.8. The number of allylic oxidation sites excluding steroid dienone is 1. The number of phenolic OH excluding ortho intramolecular Hbond substituents is 1. The van der Waals surface area contributed by atoms with Crippen LogP contribution >= 0.6 is 0 Å². The van der Waals surface area contributed by atoms with Crippen molar-refractivity contribution in [3.05, 3.63) is 131 Å². The summed E-state index contributed by atoms with van der Waals surface area (Å²) in [5.74, 6) is -7.13. The van der Waals surface area contributed by atoms with E-state index in [0.717, 1.165) is 20.8 Å². The van der Waals surface area contributed by atoms with E-state index in [1.54, 1.807) is 83.1 Å². The Labute approximate surface area is 618 Å². The van der Waals surface area contributed by atoms with Crippen LogP contribution in [0.5, 0.6) is 5.75 Å². The van der Waals surface area contributed by atoms with Gasteiger partial charge in [0.05, 0.1) is 24.3 Å². The molecule has 4 heterocycles. The van der Waals surface area contributed by atoms with Crippen LogP contribution in [0, 0.1) is 24.7 Å². The molecule has 4 aliphatic rings. The lowest BCUT2D eigenvalue weighted by Gasteiger charge is -2.31. The van der Waals surface area contributed by atoms with Gasteiger partial charge in [-0.05, 0) is 129 Å². The van der Waals surface area contributed by atoms with Gasteiger partial charge in [0.2, 0.25) is 35.4 Å². The van der Waals surface area contributed by atoms with Crippen molar-refractivity contribution in [3.8, 4) is 5.75 Å². The van der Waals surface area contributed by atoms with Crippen LogP contribution in [0.1, 0.15) is 145 Å². The fraction of sp³-hybridized carbons (Fsp3) is 0.446. The topological polar surface area (TPSA) is 501 Å². The van der Waals surface area contributed by atoms with Crippen molar-refractivity contribution >= 4 is 106 Å². The largest absolute Gasteiger partial charge is 0.505 e. The monoisotopic (exact) mass is 1480 g/mol. The number of rotatable bonds is 38. The second-order valence-electron chi connectivity index (χ2n) is 26.7. The first-order valence-corrected chi connectivity index (χ1v) is 35.3. The lowest BCUT2D eigenvalue weighted by Crippen LogP contribution is -2.54. The molecule has 0 aromatic heterocycles. The van der Waals surface area contributed by atoms with Gasteiger partial charge in [0.1, 0.15) is 30.1 Å². The quantitative estimate of drug-likeness (QED) is 0.0221. The zero-order valence-electron chi connectivity index (χ0n) is 60.5. The van der Waals surface area contributed by atoms with Crippen LogP contribution in [0.2, 0.25) is 0 Å². The number of ether oxygens (including phenoxy) is 1. The number of ketones is 1. The van der Waals surface area contributed by atoms with Crippen LogP contribution in [0.4, 0.5) is 31.4 Å². The van der Waals surface area contributed by atoms with Crippen LogP contribution in [0.3, 0.4) is 0 Å². The first-order valence-electron chi connectivity index (χ1n) is 35.3. The first-order chi connectivity index (χ1) is 50.9. The third kappa shape index (κ3) is 25.6. The average molecular weight is 1490 g/mol. The van der Waals surface area contributed by atoms with Crippen LogP contribution in [0.15, 0.2) is 109 Å². The predicted molar refractivity (Wildman–Crippen MR) is 389 cm³/mol. The lowest BCUT2D eigenvalue weighted by atomic mass is 9.89. The molecule has 107 heavy (non-hydrogen) atoms. The molecule has 7 rings (SSSR count). The molecule has 576 valence electrons. The Bertz CT molecular complexity index is 3870. The number of carbonyl (C=O) groups excluding carboxylic acids is 15. The van der Waals surface area contributed by atoms with E-state index in [1.807, 2.05) is 0 Å². The Morgan fingerprint density at radius 1 is 0.607 bits per heavy atom. The molecule has 0 saturated carbocycles. The highest BCUT2D eigenvalue weighted by Gasteiger charge is 2.46. The zero-order valence-corrected chi connectivity index (χ0v) is 60.5. The van der Waals surface area contributed by atoms with Crippen LogP contribution in [-0.4, -0.2) is 176 Å². The molecular weight excluding hydrogens is 1390 g/mol. The van der Waals surface area contributed by atoms with Gasteiger partial charge in [0.25, 0.3) is 29.5 Å². The second kappa shape index (κ2) is 41.2. The van der Waals surface area contributed by atoms with Gasteiger partial charge in [0.15, 0.2) is 12.0 Å². The summed E-state index contributed by atoms with van der Waals surface area (Å²) in [5.41, 5.74) is 18.0. The third-order valence-electron chi connectivity index (χ3n) is 17.8. The number of Topliss-reactive ketones (excluding diaryl/α,β-unsaturated/α-hetero) is 1. The number of aryl methyl sites for hydroxylation is 1. The van der Waals surface area contributed by atoms with Crippen molar-refractivity contribution in [2.24, 2.45) is 35.0 Å². The van der Waals surface area contributed by atoms with E-state index in [-0.39, 0.29) is 142 Å². The number of hydrogen-bond donors (Lipinski definition) is 13. The molecule has 16 N–H and O–H groups in total. The summed E-state index contributed by atoms with van der Waals surface area (Å²) in [6.07, 6.45) is 10.5. The Kier molecular flexibility index (Phi) is 32.5. The summed E-state index contributed by atoms with van der Waals surface area (Å²) in [4.78, 5) is 191. The summed E-state index contributed by atoms with van der Waals surface area (Å²) >= 11 is 0. The number of urea groups is 2. The van der Waals surface area contributed by atoms with Gasteiger partial charge in [-0.3, -0.25) is 67.3 Å². The minimum absolute atomic E-state index is 0.0473. The molecule has 0 bridgehead atoms. The molecule has 0 spiro atoms. The number of nitrogens with one attached hydrogen (secondary N) is 7. The SMILES string of the molecule is CC(C)[C@H](NC(=O)CCCCCN1C(=O)C=CC1=O)C(=O)N[C@@H](CCCNC(N)=O)C(=O)Nc1ccc(CO)cc1.Cc1ccc2c(c1O)N(C(=O)OCc1ccc(NC(=O)[C@H](CCCNC(N)=O)CC(=O)[C@@H](NC(=O)CCCCCN3C(=O)C=CC3=O)C(C)C)cc1)[C@@H](O)[C@@H]1CC(/C=C/C(N)=O)=CN1C2=O. The average Bonchev–Trinajstić information content (AvgIpc) is 1.61. The number of carbonyl (C=O) groups is 15. The van der Waals surface area contributed by atoms with Crippen molar-refractivity contribution in [2.45, 2.75) is 168 Å². The molecule has 3 aromatic carbocycles. The molecule has 6 atom stereocenters. The number of nitrogens with two attached hydrogens (primary N) is 3. The maximum Gasteiger partial charge on any atom is 0.416 e. The molecule has 33 heteroatoms. The fourth-order valence-electron chi connectivity index (χ4n) is 11.9. The molecule has 33 nitrogen and oxygen atoms in total. The van der Waals surface area contributed by atoms with Gasteiger partial charge in [-0.25, -0.2) is 19.3 Å². The van der Waals surface area contributed by atoms with E-state index in [2.05, 4.69) is 37.2 Å². The summed E-state index contributed by atoms with van der Waals surface area (Å²) in [6, 6.07) is 10.6. The van der Waals surface area contributed by atoms with Gasteiger partial charge >= 0.3 is 18.2 Å². The summed E-state index contributed by atoms with van der Waals surface area (Å²) in [5, 5.41) is 50.6. The summed E-state index contributed by atoms with van der Waals surface area (Å²) < 4.78 is 5.61. The van der Waals surface area contributed by atoms with Crippen LogP contribution in [-0.2, 0) is 70.7 Å². The number of fused-ring (bicyclic) bond motifs is 2. The lowest BCUT2D eigenvalue weighted by molar-refractivity contribution is -0.138. The van der Waals surface area contributed by atoms with E-state index < -0.39 is 89.8 Å². The number of aliphatic hydroxyl groups excluding tert-OH is 2. The highest BCUT2D eigenvalue weighted by Crippen LogP contribution is 2.43. The Morgan fingerprint density at radius 2 is 1.11 bits per heavy atom. The predicted octanol–water partition coefficient (Wildman–Crippen LogP) is 3.58. The molecular formula is C74H96N14O19. The number of anilines is 3. The first kappa shape index (κ1) is 84.3. The molecule has 0 fully saturated rings. The van der Waals surface area contributed by atoms with Gasteiger partial charge in [0, 0.05) is 99.3 Å². The molecule has 0 aliphatic carbocycles. The molecule has 16 amide bonds. The van der Waals surface area contributed by atoms with E-state index >= 15 is 0 Å². The standard InChI is InChI=1S/C46H56N8O12.C28H40N6O7/c1-26(2)39(51-36(57)9-5-4-6-21-52-37(58)18-19-38(52)59)34(55)23-30(8-7-20-49-45(48)64)42(61)50-31-14-11-28(12-15-31)25-66-46(65)54-40-32(16-10-27(3)41(40)60)43(62)53-24-29(13-17-35(47)56)22-33(53)44(54)63;1-18(2)25(33-22(36)8-4-3-5-16-34-23(37)13-14-24(34)38)27(40)32-21(7-6-15-30-28(29)41)26(39)31-20-11-9-19(17-35)10-12-20/h10-19,24,26,30,33,39,44,60,63H,4-9,20-23,25H2,1-3H3,(H2,47,56)(H,50,61)(H,51,57)(H3,48,49,64);9-14,18,21,25,35H,3-8,15-17H2,1-2H3,(H,31,39)(H,32,40)(H,33,36)(H3,29,30,41)/b17-13+;/t30-,33+,39+,44+;21-,25-/m10/s1. The number of amides is 16. The van der Waals surface area contributed by atoms with Crippen molar-refractivity contribution in [1.82, 2.24) is 41.3 Å². The number of primary amides is 3. The van der Waals surface area contributed by atoms with Gasteiger partial charge < -0.3 is 79.4 Å². The van der Waals surface area contributed by atoms with Gasteiger partial charge in [-0.2, -0.15) is 0 Å². The van der Waals surface area contributed by atoms with E-state index in [0.29, 0.717) is 85.0 Å². The maximum atomic E-state index is 13.8. The number of benzene rings is 3. The zero-order chi connectivity index (χ0) is 78.6. The number of imide groups is 2. The van der Waals surface area contributed by atoms with Gasteiger partial charge in [-0.1, -0.05) is 76.9 Å². The maximum absolute atomic E-state index is 13.8. The Hall–Kier alpha value is -11.6. The number of unbranched alkanes of at least 4 members (excludes halogenated alkanes) is 4. The highest BCUT2D eigenvalue weighted by molar-refractivity contribution is 6.13. The van der Waals surface area contributed by atoms with Gasteiger partial charge in [-0.15, -0.1) is 0 Å². The molecule has 0 unspecified atom stereocenters. The van der Waals surface area contributed by atoms with Crippen LogP contribution in [0.25, 0.3) is 0 Å². The van der Waals surface area contributed by atoms with E-state index in [1.165, 1.54) is 53.6 Å².